The van der Waals surface area contributed by atoms with Gasteiger partial charge < -0.3 is 10.1 Å². The van der Waals surface area contributed by atoms with Crippen molar-refractivity contribution < 1.29 is 4.74 Å². The summed E-state index contributed by atoms with van der Waals surface area (Å²) in [7, 11) is 0. The van der Waals surface area contributed by atoms with Crippen molar-refractivity contribution in [3.8, 4) is 6.01 Å². The van der Waals surface area contributed by atoms with E-state index in [4.69, 9.17) is 4.74 Å². The SMILES string of the molecule is Cc1cnc(OCCC2CCCNC2)nc1. The molecule has 2 rings (SSSR count). The summed E-state index contributed by atoms with van der Waals surface area (Å²) in [4.78, 5) is 8.22. The van der Waals surface area contributed by atoms with Crippen LogP contribution in [-0.4, -0.2) is 29.7 Å². The molecule has 4 heteroatoms. The highest BCUT2D eigenvalue weighted by molar-refractivity contribution is 5.04. The molecule has 1 saturated heterocycles. The molecule has 1 atom stereocenters. The molecule has 1 aromatic heterocycles. The molecule has 1 aliphatic heterocycles. The number of hydrogen-bond donors (Lipinski definition) is 1. The van der Waals surface area contributed by atoms with Gasteiger partial charge in [-0.1, -0.05) is 0 Å². The number of rotatable bonds is 4. The maximum absolute atomic E-state index is 5.51. The van der Waals surface area contributed by atoms with Gasteiger partial charge in [0.15, 0.2) is 0 Å². The Labute approximate surface area is 96.4 Å². The summed E-state index contributed by atoms with van der Waals surface area (Å²) in [6.07, 6.45) is 7.25. The zero-order chi connectivity index (χ0) is 11.2. The van der Waals surface area contributed by atoms with Crippen molar-refractivity contribution in [1.29, 1.82) is 0 Å². The predicted molar refractivity (Wildman–Crippen MR) is 62.5 cm³/mol. The molecule has 1 aromatic rings. The fourth-order valence-electron chi connectivity index (χ4n) is 1.94. The lowest BCUT2D eigenvalue weighted by Gasteiger charge is -2.22. The van der Waals surface area contributed by atoms with E-state index in [9.17, 15) is 0 Å². The summed E-state index contributed by atoms with van der Waals surface area (Å²) < 4.78 is 5.51. The predicted octanol–water partition coefficient (Wildman–Crippen LogP) is 1.55. The summed E-state index contributed by atoms with van der Waals surface area (Å²) >= 11 is 0. The van der Waals surface area contributed by atoms with Crippen LogP contribution in [-0.2, 0) is 0 Å². The van der Waals surface area contributed by atoms with Gasteiger partial charge in [-0.25, -0.2) is 9.97 Å². The smallest absolute Gasteiger partial charge is 0.316 e. The lowest BCUT2D eigenvalue weighted by atomic mass is 9.97. The Hall–Kier alpha value is -1.16. The number of aryl methyl sites for hydroxylation is 1. The number of ether oxygens (including phenoxy) is 1. The molecule has 1 N–H and O–H groups in total. The summed E-state index contributed by atoms with van der Waals surface area (Å²) in [5.41, 5.74) is 1.06. The molecular formula is C12H19N3O. The third kappa shape index (κ3) is 3.45. The van der Waals surface area contributed by atoms with Gasteiger partial charge in [-0.05, 0) is 50.8 Å². The first-order chi connectivity index (χ1) is 7.84. The molecule has 0 saturated carbocycles. The van der Waals surface area contributed by atoms with Crippen molar-refractivity contribution in [3.05, 3.63) is 18.0 Å². The van der Waals surface area contributed by atoms with Crippen LogP contribution in [0.5, 0.6) is 6.01 Å². The molecule has 16 heavy (non-hydrogen) atoms. The van der Waals surface area contributed by atoms with Gasteiger partial charge in [-0.15, -0.1) is 0 Å². The van der Waals surface area contributed by atoms with Gasteiger partial charge in [0.25, 0.3) is 0 Å². The monoisotopic (exact) mass is 221 g/mol. The van der Waals surface area contributed by atoms with Gasteiger partial charge in [-0.2, -0.15) is 0 Å². The Morgan fingerprint density at radius 3 is 2.94 bits per heavy atom. The molecule has 0 bridgehead atoms. The first-order valence-corrected chi connectivity index (χ1v) is 5.97. The third-order valence-corrected chi connectivity index (χ3v) is 2.91. The van der Waals surface area contributed by atoms with Crippen LogP contribution in [0.1, 0.15) is 24.8 Å². The van der Waals surface area contributed by atoms with Crippen LogP contribution in [0.4, 0.5) is 0 Å². The van der Waals surface area contributed by atoms with E-state index in [0.717, 1.165) is 31.1 Å². The number of aromatic nitrogens is 2. The fourth-order valence-corrected chi connectivity index (χ4v) is 1.94. The average molecular weight is 221 g/mol. The molecule has 0 aliphatic carbocycles. The van der Waals surface area contributed by atoms with Gasteiger partial charge in [0, 0.05) is 12.4 Å². The van der Waals surface area contributed by atoms with E-state index in [2.05, 4.69) is 15.3 Å². The molecule has 4 nitrogen and oxygen atoms in total. The second kappa shape index (κ2) is 5.80. The molecular weight excluding hydrogens is 202 g/mol. The van der Waals surface area contributed by atoms with Gasteiger partial charge in [0.2, 0.25) is 0 Å². The minimum atomic E-state index is 0.495. The summed E-state index contributed by atoms with van der Waals surface area (Å²) in [6.45, 7) is 4.98. The van der Waals surface area contributed by atoms with Crippen LogP contribution in [0.25, 0.3) is 0 Å². The minimum Gasteiger partial charge on any atom is -0.463 e. The standard InChI is InChI=1S/C12H19N3O/c1-10-7-14-12(15-8-10)16-6-4-11-3-2-5-13-9-11/h7-8,11,13H,2-6,9H2,1H3. The maximum atomic E-state index is 5.51. The van der Waals surface area contributed by atoms with E-state index in [1.165, 1.54) is 19.4 Å². The van der Waals surface area contributed by atoms with E-state index >= 15 is 0 Å². The van der Waals surface area contributed by atoms with Crippen LogP contribution in [0.3, 0.4) is 0 Å². The molecule has 1 unspecified atom stereocenters. The maximum Gasteiger partial charge on any atom is 0.316 e. The largest absolute Gasteiger partial charge is 0.463 e. The van der Waals surface area contributed by atoms with Crippen LogP contribution in [0.15, 0.2) is 12.4 Å². The lowest BCUT2D eigenvalue weighted by molar-refractivity contribution is 0.239. The molecule has 0 radical (unpaired) electrons. The van der Waals surface area contributed by atoms with Gasteiger partial charge in [0.1, 0.15) is 0 Å². The van der Waals surface area contributed by atoms with Crippen molar-refractivity contribution >= 4 is 0 Å². The van der Waals surface area contributed by atoms with Gasteiger partial charge in [0.05, 0.1) is 6.61 Å². The molecule has 88 valence electrons. The van der Waals surface area contributed by atoms with Crippen molar-refractivity contribution in [2.75, 3.05) is 19.7 Å². The van der Waals surface area contributed by atoms with Crippen LogP contribution < -0.4 is 10.1 Å². The number of nitrogens with one attached hydrogen (secondary N) is 1. The topological polar surface area (TPSA) is 47.0 Å². The van der Waals surface area contributed by atoms with Gasteiger partial charge >= 0.3 is 6.01 Å². The number of nitrogens with zero attached hydrogens (tertiary/aromatic N) is 2. The number of hydrogen-bond acceptors (Lipinski definition) is 4. The molecule has 0 spiro atoms. The van der Waals surface area contributed by atoms with Crippen molar-refractivity contribution in [2.45, 2.75) is 26.2 Å². The minimum absolute atomic E-state index is 0.495. The van der Waals surface area contributed by atoms with Crippen LogP contribution >= 0.6 is 0 Å². The van der Waals surface area contributed by atoms with Crippen molar-refractivity contribution in [2.24, 2.45) is 5.92 Å². The molecule has 1 aliphatic rings. The van der Waals surface area contributed by atoms with Crippen molar-refractivity contribution in [3.63, 3.8) is 0 Å². The second-order valence-corrected chi connectivity index (χ2v) is 4.39. The second-order valence-electron chi connectivity index (χ2n) is 4.39. The highest BCUT2D eigenvalue weighted by Gasteiger charge is 2.12. The Morgan fingerprint density at radius 1 is 1.44 bits per heavy atom. The zero-order valence-electron chi connectivity index (χ0n) is 9.78. The Morgan fingerprint density at radius 2 is 2.25 bits per heavy atom. The Kier molecular flexibility index (Phi) is 4.10. The Bertz CT molecular complexity index is 307. The molecule has 1 fully saturated rings. The highest BCUT2D eigenvalue weighted by atomic mass is 16.5. The normalized spacial score (nSPS) is 20.7. The fraction of sp³-hybridized carbons (Fsp3) is 0.667. The highest BCUT2D eigenvalue weighted by Crippen LogP contribution is 2.14. The summed E-state index contributed by atoms with van der Waals surface area (Å²) in [6, 6.07) is 0.495. The quantitative estimate of drug-likeness (QED) is 0.838. The van der Waals surface area contributed by atoms with Gasteiger partial charge in [-0.3, -0.25) is 0 Å². The van der Waals surface area contributed by atoms with E-state index in [0.29, 0.717) is 6.01 Å². The van der Waals surface area contributed by atoms with Crippen LogP contribution in [0.2, 0.25) is 0 Å². The first kappa shape index (κ1) is 11.3. The van der Waals surface area contributed by atoms with Crippen molar-refractivity contribution in [1.82, 2.24) is 15.3 Å². The first-order valence-electron chi connectivity index (χ1n) is 5.97. The molecule has 0 aromatic carbocycles. The number of piperidine rings is 1. The Balaban J connectivity index is 1.69. The molecule has 2 heterocycles. The third-order valence-electron chi connectivity index (χ3n) is 2.91. The molecule has 0 amide bonds. The van der Waals surface area contributed by atoms with E-state index < -0.39 is 0 Å². The van der Waals surface area contributed by atoms with Crippen LogP contribution in [0, 0.1) is 12.8 Å². The summed E-state index contributed by atoms with van der Waals surface area (Å²) in [5, 5.41) is 3.40. The van der Waals surface area contributed by atoms with E-state index in [1.807, 2.05) is 6.92 Å². The lowest BCUT2D eigenvalue weighted by Crippen LogP contribution is -2.30. The summed E-state index contributed by atoms with van der Waals surface area (Å²) in [5.74, 6) is 0.749. The van der Waals surface area contributed by atoms with E-state index in [1.54, 1.807) is 12.4 Å². The average Bonchev–Trinajstić information content (AvgIpc) is 2.33. The zero-order valence-corrected chi connectivity index (χ0v) is 9.78. The van der Waals surface area contributed by atoms with E-state index in [-0.39, 0.29) is 0 Å².